The van der Waals surface area contributed by atoms with Gasteiger partial charge in [0.05, 0.1) is 6.04 Å². The molecule has 12 heteroatoms. The lowest BCUT2D eigenvalue weighted by atomic mass is 10.0. The second-order valence-electron chi connectivity index (χ2n) is 8.56. The highest BCUT2D eigenvalue weighted by Gasteiger charge is 2.30. The SMILES string of the molecule is CC(C)CC(N)C(=O)NC(Cc1ccccc1)C(=O)NC(CCC(=O)O)C(=O)NC(CS)C(=O)O. The Labute approximate surface area is 209 Å². The van der Waals surface area contributed by atoms with E-state index in [0.29, 0.717) is 6.42 Å². The fraction of sp³-hybridized carbons (Fsp3) is 0.522. The van der Waals surface area contributed by atoms with Gasteiger partial charge in [-0.3, -0.25) is 19.2 Å². The Morgan fingerprint density at radius 1 is 0.886 bits per heavy atom. The Bertz CT molecular complexity index is 882. The van der Waals surface area contributed by atoms with Crippen LogP contribution in [0.4, 0.5) is 0 Å². The van der Waals surface area contributed by atoms with Crippen LogP contribution in [0, 0.1) is 5.92 Å². The molecule has 0 aliphatic carbocycles. The molecular formula is C23H34N4O7S. The van der Waals surface area contributed by atoms with Gasteiger partial charge in [-0.05, 0) is 24.3 Å². The molecule has 0 aliphatic heterocycles. The van der Waals surface area contributed by atoms with Crippen molar-refractivity contribution < 1.29 is 34.2 Å². The average Bonchev–Trinajstić information content (AvgIpc) is 2.79. The number of carbonyl (C=O) groups excluding carboxylic acids is 3. The van der Waals surface area contributed by atoms with Crippen LogP contribution in [0.25, 0.3) is 0 Å². The standard InChI is InChI=1S/C23H34N4O7S/c1-13(2)10-15(24)20(30)26-17(11-14-6-4-3-5-7-14)22(32)25-16(8-9-19(28)29)21(31)27-18(12-35)23(33)34/h3-7,13,15-18,35H,8-12,24H2,1-2H3,(H,25,32)(H,26,30)(H,27,31)(H,28,29)(H,33,34). The van der Waals surface area contributed by atoms with Crippen molar-refractivity contribution in [3.8, 4) is 0 Å². The average molecular weight is 511 g/mol. The third kappa shape index (κ3) is 11.2. The normalized spacial score (nSPS) is 14.3. The smallest absolute Gasteiger partial charge is 0.327 e. The molecule has 0 heterocycles. The van der Waals surface area contributed by atoms with Gasteiger partial charge in [0.2, 0.25) is 17.7 Å². The highest BCUT2D eigenvalue weighted by atomic mass is 32.1. The summed E-state index contributed by atoms with van der Waals surface area (Å²) in [6.45, 7) is 3.81. The summed E-state index contributed by atoms with van der Waals surface area (Å²) in [5.74, 6) is -4.73. The predicted octanol–water partition coefficient (Wildman–Crippen LogP) is -0.0639. The minimum absolute atomic E-state index is 0.0917. The van der Waals surface area contributed by atoms with Crippen LogP contribution in [0.3, 0.4) is 0 Å². The quantitative estimate of drug-likeness (QED) is 0.160. The Balaban J connectivity index is 3.09. The number of carbonyl (C=O) groups is 5. The molecule has 35 heavy (non-hydrogen) atoms. The van der Waals surface area contributed by atoms with Gasteiger partial charge in [-0.25, -0.2) is 4.79 Å². The molecule has 0 spiro atoms. The molecule has 11 nitrogen and oxygen atoms in total. The first-order valence-corrected chi connectivity index (χ1v) is 11.8. The molecule has 0 aliphatic rings. The van der Waals surface area contributed by atoms with E-state index in [9.17, 15) is 24.0 Å². The van der Waals surface area contributed by atoms with E-state index in [1.807, 2.05) is 13.8 Å². The van der Waals surface area contributed by atoms with Crippen LogP contribution in [0.5, 0.6) is 0 Å². The number of hydrogen-bond donors (Lipinski definition) is 7. The first-order valence-electron chi connectivity index (χ1n) is 11.2. The summed E-state index contributed by atoms with van der Waals surface area (Å²) in [5.41, 5.74) is 6.69. The molecule has 0 bridgehead atoms. The number of benzene rings is 1. The molecule has 0 aromatic heterocycles. The topological polar surface area (TPSA) is 188 Å². The van der Waals surface area contributed by atoms with E-state index in [0.717, 1.165) is 5.56 Å². The molecule has 3 amide bonds. The van der Waals surface area contributed by atoms with E-state index in [4.69, 9.17) is 15.9 Å². The Hall–Kier alpha value is -3.12. The number of nitrogens with two attached hydrogens (primary N) is 1. The fourth-order valence-corrected chi connectivity index (χ4v) is 3.47. The first kappa shape index (κ1) is 29.9. The van der Waals surface area contributed by atoms with Crippen molar-refractivity contribution in [3.05, 3.63) is 35.9 Å². The van der Waals surface area contributed by atoms with E-state index in [2.05, 4.69) is 28.6 Å². The number of rotatable bonds is 15. The number of carboxylic acids is 2. The molecule has 0 saturated carbocycles. The van der Waals surface area contributed by atoms with Gasteiger partial charge >= 0.3 is 11.9 Å². The molecule has 0 fully saturated rings. The monoisotopic (exact) mass is 510 g/mol. The maximum Gasteiger partial charge on any atom is 0.327 e. The number of thiol groups is 1. The minimum Gasteiger partial charge on any atom is -0.481 e. The number of carboxylic acid groups (broad SMARTS) is 2. The maximum absolute atomic E-state index is 13.2. The van der Waals surface area contributed by atoms with Crippen molar-refractivity contribution in [2.45, 2.75) is 63.7 Å². The van der Waals surface area contributed by atoms with Crippen molar-refractivity contribution >= 4 is 42.3 Å². The summed E-state index contributed by atoms with van der Waals surface area (Å²) in [5, 5.41) is 25.5. The zero-order chi connectivity index (χ0) is 26.5. The lowest BCUT2D eigenvalue weighted by Gasteiger charge is -2.25. The van der Waals surface area contributed by atoms with Gasteiger partial charge in [-0.2, -0.15) is 12.6 Å². The van der Waals surface area contributed by atoms with Crippen LogP contribution in [0.2, 0.25) is 0 Å². The zero-order valence-corrected chi connectivity index (χ0v) is 20.7. The van der Waals surface area contributed by atoms with Crippen LogP contribution in [-0.2, 0) is 30.4 Å². The van der Waals surface area contributed by atoms with Crippen molar-refractivity contribution in [2.75, 3.05) is 5.75 Å². The summed E-state index contributed by atoms with van der Waals surface area (Å²) >= 11 is 3.88. The van der Waals surface area contributed by atoms with Crippen molar-refractivity contribution in [1.29, 1.82) is 0 Å². The lowest BCUT2D eigenvalue weighted by Crippen LogP contribution is -2.58. The molecule has 0 saturated heterocycles. The second kappa shape index (κ2) is 15.0. The van der Waals surface area contributed by atoms with Crippen LogP contribution in [0.1, 0.15) is 38.7 Å². The molecule has 0 radical (unpaired) electrons. The summed E-state index contributed by atoms with van der Waals surface area (Å²) in [4.78, 5) is 60.8. The van der Waals surface area contributed by atoms with E-state index in [1.54, 1.807) is 30.3 Å². The third-order valence-corrected chi connectivity index (χ3v) is 5.42. The van der Waals surface area contributed by atoms with Crippen molar-refractivity contribution in [2.24, 2.45) is 11.7 Å². The van der Waals surface area contributed by atoms with Gasteiger partial charge in [0.25, 0.3) is 0 Å². The van der Waals surface area contributed by atoms with E-state index in [-0.39, 0.29) is 24.5 Å². The van der Waals surface area contributed by atoms with Crippen molar-refractivity contribution in [1.82, 2.24) is 16.0 Å². The third-order valence-electron chi connectivity index (χ3n) is 5.05. The second-order valence-corrected chi connectivity index (χ2v) is 8.93. The maximum atomic E-state index is 13.2. The summed E-state index contributed by atoms with van der Waals surface area (Å²) in [6, 6.07) is 4.22. The Morgan fingerprint density at radius 3 is 1.94 bits per heavy atom. The van der Waals surface area contributed by atoms with Gasteiger partial charge < -0.3 is 31.9 Å². The Kier molecular flexibility index (Phi) is 12.8. The first-order chi connectivity index (χ1) is 16.4. The molecule has 1 aromatic rings. The molecular weight excluding hydrogens is 476 g/mol. The highest BCUT2D eigenvalue weighted by Crippen LogP contribution is 2.08. The van der Waals surface area contributed by atoms with Crippen molar-refractivity contribution in [3.63, 3.8) is 0 Å². The van der Waals surface area contributed by atoms with Gasteiger partial charge in [0.15, 0.2) is 0 Å². The van der Waals surface area contributed by atoms with E-state index < -0.39 is 60.2 Å². The van der Waals surface area contributed by atoms with Crippen LogP contribution in [-0.4, -0.2) is 69.8 Å². The zero-order valence-electron chi connectivity index (χ0n) is 19.8. The lowest BCUT2D eigenvalue weighted by molar-refractivity contribution is -0.142. The van der Waals surface area contributed by atoms with E-state index in [1.165, 1.54) is 0 Å². The number of amides is 3. The van der Waals surface area contributed by atoms with Gasteiger partial charge in [0, 0.05) is 18.6 Å². The molecule has 194 valence electrons. The summed E-state index contributed by atoms with van der Waals surface area (Å²) < 4.78 is 0. The molecule has 1 rings (SSSR count). The molecule has 7 N–H and O–H groups in total. The predicted molar refractivity (Wildman–Crippen MR) is 132 cm³/mol. The molecule has 4 unspecified atom stereocenters. The van der Waals surface area contributed by atoms with Gasteiger partial charge in [-0.15, -0.1) is 0 Å². The largest absolute Gasteiger partial charge is 0.481 e. The number of hydrogen-bond acceptors (Lipinski definition) is 7. The fourth-order valence-electron chi connectivity index (χ4n) is 3.22. The van der Waals surface area contributed by atoms with Crippen LogP contribution >= 0.6 is 12.6 Å². The minimum atomic E-state index is -1.35. The highest BCUT2D eigenvalue weighted by molar-refractivity contribution is 7.80. The van der Waals surface area contributed by atoms with Crippen LogP contribution in [0.15, 0.2) is 30.3 Å². The van der Waals surface area contributed by atoms with Gasteiger partial charge in [-0.1, -0.05) is 44.2 Å². The van der Waals surface area contributed by atoms with Gasteiger partial charge in [0.1, 0.15) is 18.1 Å². The van der Waals surface area contributed by atoms with Crippen LogP contribution < -0.4 is 21.7 Å². The molecule has 4 atom stereocenters. The number of nitrogens with one attached hydrogen (secondary N) is 3. The summed E-state index contributed by atoms with van der Waals surface area (Å²) in [7, 11) is 0. The Morgan fingerprint density at radius 2 is 1.43 bits per heavy atom. The number of aliphatic carboxylic acids is 2. The molecule has 1 aromatic carbocycles. The van der Waals surface area contributed by atoms with E-state index >= 15 is 0 Å². The summed E-state index contributed by atoms with van der Waals surface area (Å²) in [6.07, 6.45) is -0.249.